The molecule has 1 amide bonds. The van der Waals surface area contributed by atoms with E-state index in [4.69, 9.17) is 9.47 Å². The first-order valence-electron chi connectivity index (χ1n) is 7.00. The quantitative estimate of drug-likeness (QED) is 0.867. The predicted octanol–water partition coefficient (Wildman–Crippen LogP) is 0.196. The van der Waals surface area contributed by atoms with Gasteiger partial charge in [-0.25, -0.2) is 14.6 Å². The van der Waals surface area contributed by atoms with Crippen LogP contribution in [0.4, 0.5) is 0 Å². The van der Waals surface area contributed by atoms with Gasteiger partial charge in [0.05, 0.1) is 18.8 Å². The Morgan fingerprint density at radius 2 is 2.45 bits per heavy atom. The normalized spacial score (nSPS) is 21.5. The maximum atomic E-state index is 12.4. The van der Waals surface area contributed by atoms with Crippen LogP contribution in [0.5, 0.6) is 0 Å². The van der Waals surface area contributed by atoms with Crippen molar-refractivity contribution in [1.29, 1.82) is 0 Å². The number of nitrogens with zero attached hydrogens (tertiary/aromatic N) is 4. The Bertz CT molecular complexity index is 631. The highest BCUT2D eigenvalue weighted by molar-refractivity contribution is 5.94. The molecule has 116 valence electrons. The topological polar surface area (TPSA) is 91.2 Å². The van der Waals surface area contributed by atoms with Gasteiger partial charge >= 0.3 is 0 Å². The monoisotopic (exact) mass is 303 g/mol. The van der Waals surface area contributed by atoms with Crippen LogP contribution >= 0.6 is 0 Å². The van der Waals surface area contributed by atoms with E-state index in [9.17, 15) is 4.79 Å². The van der Waals surface area contributed by atoms with E-state index in [1.54, 1.807) is 25.4 Å². The lowest BCUT2D eigenvalue weighted by Gasteiger charge is -2.31. The van der Waals surface area contributed by atoms with Gasteiger partial charge in [-0.1, -0.05) is 0 Å². The SMILES string of the molecule is CO[C@@H]1CCOC[C@H]1NC(=O)c1ccnc(-n2cncn2)c1. The molecule has 3 rings (SSSR count). The number of carbonyl (C=O) groups excluding carboxylic acids is 1. The van der Waals surface area contributed by atoms with Crippen LogP contribution < -0.4 is 5.32 Å². The fourth-order valence-corrected chi connectivity index (χ4v) is 2.40. The summed E-state index contributed by atoms with van der Waals surface area (Å²) in [5.74, 6) is 0.342. The molecule has 0 aromatic carbocycles. The number of aromatic nitrogens is 4. The number of hydrogen-bond acceptors (Lipinski definition) is 6. The van der Waals surface area contributed by atoms with Crippen LogP contribution in [0.1, 0.15) is 16.8 Å². The zero-order chi connectivity index (χ0) is 15.4. The molecule has 0 radical (unpaired) electrons. The highest BCUT2D eigenvalue weighted by Crippen LogP contribution is 2.12. The zero-order valence-electron chi connectivity index (χ0n) is 12.2. The van der Waals surface area contributed by atoms with Crippen LogP contribution in [-0.4, -0.2) is 58.1 Å². The number of amides is 1. The lowest BCUT2D eigenvalue weighted by molar-refractivity contribution is -0.0349. The fourth-order valence-electron chi connectivity index (χ4n) is 2.40. The molecule has 0 spiro atoms. The summed E-state index contributed by atoms with van der Waals surface area (Å²) in [6.07, 6.45) is 5.24. The van der Waals surface area contributed by atoms with Crippen LogP contribution in [0.25, 0.3) is 5.82 Å². The minimum atomic E-state index is -0.193. The molecule has 1 aliphatic heterocycles. The Morgan fingerprint density at radius 1 is 1.55 bits per heavy atom. The molecule has 0 bridgehead atoms. The van der Waals surface area contributed by atoms with Gasteiger partial charge in [0.15, 0.2) is 5.82 Å². The molecule has 2 aromatic rings. The van der Waals surface area contributed by atoms with Crippen molar-refractivity contribution in [2.45, 2.75) is 18.6 Å². The molecular weight excluding hydrogens is 286 g/mol. The fraction of sp³-hybridized carbons (Fsp3) is 0.429. The van der Waals surface area contributed by atoms with Gasteiger partial charge in [0.2, 0.25) is 0 Å². The van der Waals surface area contributed by atoms with Crippen molar-refractivity contribution in [2.75, 3.05) is 20.3 Å². The second kappa shape index (κ2) is 6.63. The van der Waals surface area contributed by atoms with Crippen molar-refractivity contribution in [3.63, 3.8) is 0 Å². The zero-order valence-corrected chi connectivity index (χ0v) is 12.2. The standard InChI is InChI=1S/C14H17N5O3/c1-21-12-3-5-22-7-11(12)18-14(20)10-2-4-16-13(6-10)19-9-15-8-17-19/h2,4,6,8-9,11-12H,3,5,7H2,1H3,(H,18,20)/t11-,12-/m1/s1. The highest BCUT2D eigenvalue weighted by atomic mass is 16.5. The van der Waals surface area contributed by atoms with Gasteiger partial charge in [-0.2, -0.15) is 5.10 Å². The molecule has 0 saturated carbocycles. The number of methoxy groups -OCH3 is 1. The van der Waals surface area contributed by atoms with E-state index in [2.05, 4.69) is 20.4 Å². The van der Waals surface area contributed by atoms with Crippen molar-refractivity contribution in [2.24, 2.45) is 0 Å². The predicted molar refractivity (Wildman–Crippen MR) is 76.6 cm³/mol. The Hall–Kier alpha value is -2.32. The Labute approximate surface area is 127 Å². The first kappa shape index (κ1) is 14.6. The number of hydrogen-bond donors (Lipinski definition) is 1. The second-order valence-electron chi connectivity index (χ2n) is 4.96. The summed E-state index contributed by atoms with van der Waals surface area (Å²) in [6, 6.07) is 3.16. The lowest BCUT2D eigenvalue weighted by Crippen LogP contribution is -2.50. The Balaban J connectivity index is 1.73. The maximum absolute atomic E-state index is 12.4. The first-order chi connectivity index (χ1) is 10.8. The summed E-state index contributed by atoms with van der Waals surface area (Å²) in [7, 11) is 1.64. The summed E-state index contributed by atoms with van der Waals surface area (Å²) >= 11 is 0. The molecule has 8 heteroatoms. The molecule has 0 unspecified atom stereocenters. The number of ether oxygens (including phenoxy) is 2. The number of rotatable bonds is 4. The molecule has 1 N–H and O–H groups in total. The van der Waals surface area contributed by atoms with Gasteiger partial charge in [0, 0.05) is 25.5 Å². The molecule has 22 heavy (non-hydrogen) atoms. The smallest absolute Gasteiger partial charge is 0.251 e. The maximum Gasteiger partial charge on any atom is 0.251 e. The van der Waals surface area contributed by atoms with Crippen molar-refractivity contribution in [1.82, 2.24) is 25.1 Å². The van der Waals surface area contributed by atoms with E-state index >= 15 is 0 Å². The molecule has 2 aromatic heterocycles. The van der Waals surface area contributed by atoms with E-state index in [1.807, 2.05) is 0 Å². The Morgan fingerprint density at radius 3 is 3.23 bits per heavy atom. The molecule has 8 nitrogen and oxygen atoms in total. The van der Waals surface area contributed by atoms with Gasteiger partial charge in [-0.15, -0.1) is 0 Å². The molecule has 1 saturated heterocycles. The van der Waals surface area contributed by atoms with Crippen molar-refractivity contribution in [3.05, 3.63) is 36.5 Å². The van der Waals surface area contributed by atoms with Gasteiger partial charge in [-0.3, -0.25) is 4.79 Å². The van der Waals surface area contributed by atoms with E-state index in [1.165, 1.54) is 17.3 Å². The Kier molecular flexibility index (Phi) is 4.40. The molecule has 0 aliphatic carbocycles. The van der Waals surface area contributed by atoms with Crippen molar-refractivity contribution >= 4 is 5.91 Å². The third-order valence-electron chi connectivity index (χ3n) is 3.57. The second-order valence-corrected chi connectivity index (χ2v) is 4.96. The lowest BCUT2D eigenvalue weighted by atomic mass is 10.1. The summed E-state index contributed by atoms with van der Waals surface area (Å²) in [5, 5.41) is 6.95. The molecule has 2 atom stereocenters. The van der Waals surface area contributed by atoms with E-state index in [0.29, 0.717) is 24.6 Å². The number of nitrogens with one attached hydrogen (secondary N) is 1. The molecular formula is C14H17N5O3. The highest BCUT2D eigenvalue weighted by Gasteiger charge is 2.27. The van der Waals surface area contributed by atoms with Crippen LogP contribution in [0, 0.1) is 0 Å². The third kappa shape index (κ3) is 3.12. The van der Waals surface area contributed by atoms with E-state index in [-0.39, 0.29) is 18.1 Å². The summed E-state index contributed by atoms with van der Waals surface area (Å²) < 4.78 is 12.3. The van der Waals surface area contributed by atoms with E-state index in [0.717, 1.165) is 6.42 Å². The summed E-state index contributed by atoms with van der Waals surface area (Å²) in [4.78, 5) is 20.4. The largest absolute Gasteiger partial charge is 0.379 e. The van der Waals surface area contributed by atoms with Crippen LogP contribution in [0.3, 0.4) is 0 Å². The average molecular weight is 303 g/mol. The van der Waals surface area contributed by atoms with Crippen LogP contribution in [0.2, 0.25) is 0 Å². The van der Waals surface area contributed by atoms with Gasteiger partial charge in [0.1, 0.15) is 12.7 Å². The van der Waals surface area contributed by atoms with Crippen LogP contribution in [0.15, 0.2) is 31.0 Å². The van der Waals surface area contributed by atoms with Crippen LogP contribution in [-0.2, 0) is 9.47 Å². The van der Waals surface area contributed by atoms with Gasteiger partial charge in [0.25, 0.3) is 5.91 Å². The molecule has 1 fully saturated rings. The first-order valence-corrected chi connectivity index (χ1v) is 7.00. The van der Waals surface area contributed by atoms with Gasteiger partial charge < -0.3 is 14.8 Å². The van der Waals surface area contributed by atoms with Crippen molar-refractivity contribution in [3.8, 4) is 5.82 Å². The number of carbonyl (C=O) groups is 1. The van der Waals surface area contributed by atoms with Gasteiger partial charge in [-0.05, 0) is 18.6 Å². The third-order valence-corrected chi connectivity index (χ3v) is 3.57. The van der Waals surface area contributed by atoms with Crippen molar-refractivity contribution < 1.29 is 14.3 Å². The number of pyridine rings is 1. The summed E-state index contributed by atoms with van der Waals surface area (Å²) in [6.45, 7) is 1.10. The molecule has 1 aliphatic rings. The average Bonchev–Trinajstić information content (AvgIpc) is 3.10. The summed E-state index contributed by atoms with van der Waals surface area (Å²) in [5.41, 5.74) is 0.501. The minimum Gasteiger partial charge on any atom is -0.379 e. The minimum absolute atomic E-state index is 0.0330. The molecule has 3 heterocycles. The van der Waals surface area contributed by atoms with E-state index < -0.39 is 0 Å².